The van der Waals surface area contributed by atoms with Crippen LogP contribution >= 0.6 is 0 Å². The minimum absolute atomic E-state index is 0.0406. The van der Waals surface area contributed by atoms with Crippen molar-refractivity contribution in [2.75, 3.05) is 11.8 Å². The Morgan fingerprint density at radius 3 is 2.58 bits per heavy atom. The van der Waals surface area contributed by atoms with Gasteiger partial charge in [-0.25, -0.2) is 12.8 Å². The van der Waals surface area contributed by atoms with Crippen LogP contribution < -0.4 is 9.46 Å². The first-order valence-corrected chi connectivity index (χ1v) is 10.5. The van der Waals surface area contributed by atoms with E-state index in [1.165, 1.54) is 49.7 Å². The Bertz CT molecular complexity index is 1270. The maximum Gasteiger partial charge on any atom is 0.280 e. The Hall–Kier alpha value is -3.79. The van der Waals surface area contributed by atoms with E-state index in [0.29, 0.717) is 5.56 Å². The van der Waals surface area contributed by atoms with Crippen LogP contribution in [0, 0.1) is 5.82 Å². The SMILES string of the molecule is COc1ccc(CN2C(=O)c3cccnc3C2=O)cc1S(=O)(=O)Nc1cccc(F)c1. The molecular weight excluding hydrogens is 425 g/mol. The van der Waals surface area contributed by atoms with E-state index in [0.717, 1.165) is 11.0 Å². The van der Waals surface area contributed by atoms with Crippen molar-refractivity contribution in [1.82, 2.24) is 9.88 Å². The number of ether oxygens (including phenoxy) is 1. The van der Waals surface area contributed by atoms with Crippen LogP contribution in [0.3, 0.4) is 0 Å². The minimum Gasteiger partial charge on any atom is -0.495 e. The van der Waals surface area contributed by atoms with Gasteiger partial charge in [0.15, 0.2) is 0 Å². The molecule has 0 spiro atoms. The third kappa shape index (κ3) is 3.84. The number of amides is 2. The van der Waals surface area contributed by atoms with Crippen LogP contribution in [0.5, 0.6) is 5.75 Å². The van der Waals surface area contributed by atoms with Crippen LogP contribution in [0.1, 0.15) is 26.4 Å². The third-order valence-corrected chi connectivity index (χ3v) is 6.07. The summed E-state index contributed by atoms with van der Waals surface area (Å²) in [5, 5.41) is 0. The van der Waals surface area contributed by atoms with E-state index in [1.807, 2.05) is 0 Å². The maximum atomic E-state index is 13.4. The van der Waals surface area contributed by atoms with E-state index in [4.69, 9.17) is 4.74 Å². The number of hydrogen-bond acceptors (Lipinski definition) is 6. The second-order valence-corrected chi connectivity index (χ2v) is 8.35. The Labute approximate surface area is 177 Å². The Morgan fingerprint density at radius 1 is 1.06 bits per heavy atom. The molecule has 2 aromatic carbocycles. The van der Waals surface area contributed by atoms with Gasteiger partial charge in [0.25, 0.3) is 21.8 Å². The number of carbonyl (C=O) groups is 2. The van der Waals surface area contributed by atoms with Crippen molar-refractivity contribution in [3.05, 3.63) is 83.4 Å². The maximum absolute atomic E-state index is 13.4. The molecule has 2 heterocycles. The summed E-state index contributed by atoms with van der Waals surface area (Å²) in [7, 11) is -2.84. The van der Waals surface area contributed by atoms with Gasteiger partial charge in [0.1, 0.15) is 22.2 Å². The lowest BCUT2D eigenvalue weighted by Gasteiger charge is -2.16. The van der Waals surface area contributed by atoms with Gasteiger partial charge >= 0.3 is 0 Å². The number of aromatic nitrogens is 1. The van der Waals surface area contributed by atoms with Crippen LogP contribution in [-0.2, 0) is 16.6 Å². The smallest absolute Gasteiger partial charge is 0.280 e. The zero-order chi connectivity index (χ0) is 22.2. The van der Waals surface area contributed by atoms with Gasteiger partial charge in [0.2, 0.25) is 0 Å². The second kappa shape index (κ2) is 7.80. The van der Waals surface area contributed by atoms with E-state index in [2.05, 4.69) is 9.71 Å². The van der Waals surface area contributed by atoms with Gasteiger partial charge in [-0.05, 0) is 48.0 Å². The van der Waals surface area contributed by atoms with Gasteiger partial charge in [0, 0.05) is 6.20 Å². The molecule has 1 N–H and O–H groups in total. The lowest BCUT2D eigenvalue weighted by atomic mass is 10.2. The molecule has 0 saturated carbocycles. The number of hydrogen-bond donors (Lipinski definition) is 1. The summed E-state index contributed by atoms with van der Waals surface area (Å²) in [5.74, 6) is -1.61. The fraction of sp³-hybridized carbons (Fsp3) is 0.0952. The molecule has 0 unspecified atom stereocenters. The highest BCUT2D eigenvalue weighted by atomic mass is 32.2. The molecule has 0 aliphatic carbocycles. The monoisotopic (exact) mass is 441 g/mol. The van der Waals surface area contributed by atoms with E-state index >= 15 is 0 Å². The number of pyridine rings is 1. The quantitative estimate of drug-likeness (QED) is 0.590. The van der Waals surface area contributed by atoms with Crippen LogP contribution in [0.15, 0.2) is 65.7 Å². The Morgan fingerprint density at radius 2 is 1.87 bits per heavy atom. The first-order chi connectivity index (χ1) is 14.8. The molecular formula is C21H16FN3O5S. The van der Waals surface area contributed by atoms with Gasteiger partial charge in [-0.1, -0.05) is 12.1 Å². The average Bonchev–Trinajstić information content (AvgIpc) is 2.98. The number of carbonyl (C=O) groups excluding carboxylic acids is 2. The molecule has 1 aliphatic heterocycles. The van der Waals surface area contributed by atoms with E-state index < -0.39 is 27.7 Å². The Kier molecular flexibility index (Phi) is 5.15. The molecule has 0 atom stereocenters. The summed E-state index contributed by atoms with van der Waals surface area (Å²) >= 11 is 0. The molecule has 3 aromatic rings. The lowest BCUT2D eigenvalue weighted by Crippen LogP contribution is -2.29. The van der Waals surface area contributed by atoms with Crippen LogP contribution in [-0.4, -0.2) is 37.2 Å². The van der Waals surface area contributed by atoms with Crippen molar-refractivity contribution in [3.63, 3.8) is 0 Å². The van der Waals surface area contributed by atoms with E-state index in [-0.39, 0.29) is 34.1 Å². The highest BCUT2D eigenvalue weighted by molar-refractivity contribution is 7.92. The Balaban J connectivity index is 1.65. The molecule has 0 radical (unpaired) electrons. The summed E-state index contributed by atoms with van der Waals surface area (Å²) < 4.78 is 46.7. The standard InChI is InChI=1S/C21H16FN3O5S/c1-30-17-8-7-13(12-25-20(26)16-6-3-9-23-19(16)21(25)27)10-18(17)31(28,29)24-15-5-2-4-14(22)11-15/h2-11,24H,12H2,1H3. The number of anilines is 1. The molecule has 0 fully saturated rings. The van der Waals surface area contributed by atoms with Crippen molar-refractivity contribution in [3.8, 4) is 5.75 Å². The highest BCUT2D eigenvalue weighted by Gasteiger charge is 2.36. The summed E-state index contributed by atoms with van der Waals surface area (Å²) in [6, 6.07) is 12.4. The third-order valence-electron chi connectivity index (χ3n) is 4.67. The molecule has 158 valence electrons. The molecule has 1 aromatic heterocycles. The average molecular weight is 441 g/mol. The number of sulfonamides is 1. The molecule has 8 nitrogen and oxygen atoms in total. The predicted octanol–water partition coefficient (Wildman–Crippen LogP) is 2.83. The van der Waals surface area contributed by atoms with Crippen molar-refractivity contribution in [1.29, 1.82) is 0 Å². The van der Waals surface area contributed by atoms with E-state index in [1.54, 1.807) is 12.1 Å². The number of rotatable bonds is 6. The van der Waals surface area contributed by atoms with Crippen LogP contribution in [0.25, 0.3) is 0 Å². The van der Waals surface area contributed by atoms with Gasteiger partial charge in [-0.15, -0.1) is 0 Å². The minimum atomic E-state index is -4.15. The van der Waals surface area contributed by atoms with Gasteiger partial charge < -0.3 is 4.74 Å². The number of imide groups is 1. The van der Waals surface area contributed by atoms with Gasteiger partial charge in [-0.2, -0.15) is 0 Å². The number of benzene rings is 2. The van der Waals surface area contributed by atoms with Crippen molar-refractivity contribution in [2.24, 2.45) is 0 Å². The first-order valence-electron chi connectivity index (χ1n) is 9.06. The molecule has 31 heavy (non-hydrogen) atoms. The number of halogens is 1. The molecule has 10 heteroatoms. The second-order valence-electron chi connectivity index (χ2n) is 6.70. The zero-order valence-corrected chi connectivity index (χ0v) is 17.0. The lowest BCUT2D eigenvalue weighted by molar-refractivity contribution is 0.0640. The largest absolute Gasteiger partial charge is 0.495 e. The molecule has 2 amide bonds. The van der Waals surface area contributed by atoms with Crippen LogP contribution in [0.2, 0.25) is 0 Å². The van der Waals surface area contributed by atoms with Gasteiger partial charge in [0.05, 0.1) is 24.9 Å². The summed E-state index contributed by atoms with van der Waals surface area (Å²) in [5.41, 5.74) is 0.678. The fourth-order valence-electron chi connectivity index (χ4n) is 3.23. The number of nitrogens with zero attached hydrogens (tertiary/aromatic N) is 2. The number of fused-ring (bicyclic) bond motifs is 1. The predicted molar refractivity (Wildman–Crippen MR) is 109 cm³/mol. The van der Waals surface area contributed by atoms with Gasteiger partial charge in [-0.3, -0.25) is 24.2 Å². The summed E-state index contributed by atoms with van der Waals surface area (Å²) in [4.78, 5) is 29.8. The number of methoxy groups -OCH3 is 1. The topological polar surface area (TPSA) is 106 Å². The van der Waals surface area contributed by atoms with Crippen LogP contribution in [0.4, 0.5) is 10.1 Å². The molecule has 0 saturated heterocycles. The normalized spacial score (nSPS) is 13.3. The van der Waals surface area contributed by atoms with E-state index in [9.17, 15) is 22.4 Å². The molecule has 0 bridgehead atoms. The molecule has 4 rings (SSSR count). The molecule has 1 aliphatic rings. The summed E-state index contributed by atoms with van der Waals surface area (Å²) in [6.45, 7) is -0.152. The number of nitrogens with one attached hydrogen (secondary N) is 1. The zero-order valence-electron chi connectivity index (χ0n) is 16.2. The summed E-state index contributed by atoms with van der Waals surface area (Å²) in [6.07, 6.45) is 1.42. The fourth-order valence-corrected chi connectivity index (χ4v) is 4.50. The van der Waals surface area contributed by atoms with Crippen molar-refractivity contribution >= 4 is 27.5 Å². The van der Waals surface area contributed by atoms with Crippen molar-refractivity contribution < 1.29 is 27.1 Å². The van der Waals surface area contributed by atoms with Crippen molar-refractivity contribution in [2.45, 2.75) is 11.4 Å². The highest BCUT2D eigenvalue weighted by Crippen LogP contribution is 2.29. The first kappa shape index (κ1) is 20.5.